The predicted octanol–water partition coefficient (Wildman–Crippen LogP) is 3.53. The standard InChI is InChI=1S/C29H53NO8/c1-11-21-28(8)13-17(3)25(38-28)30-18(4)14-27(7,33)12-16(2)23(19(5)26(32)36-21)37-22-15-29(9,34-10)24(31)20(6)35-22/h16-25,30-31,33H,11-15H2,1-10H3/t16?,17?,18-,19?,20+,21?,22?,23?,24?,25?,27-,28-,29-/m1/s1. The van der Waals surface area contributed by atoms with Crippen molar-refractivity contribution in [3.8, 4) is 0 Å². The molecule has 0 aromatic carbocycles. The van der Waals surface area contributed by atoms with Crippen molar-refractivity contribution in [2.45, 2.75) is 154 Å². The molecule has 8 unspecified atom stereocenters. The number of carbonyl (C=O) groups excluding carboxylic acids is 1. The molecule has 0 amide bonds. The molecule has 0 radical (unpaired) electrons. The lowest BCUT2D eigenvalue weighted by molar-refractivity contribution is -0.296. The van der Waals surface area contributed by atoms with Gasteiger partial charge >= 0.3 is 5.97 Å². The van der Waals surface area contributed by atoms with Crippen LogP contribution >= 0.6 is 0 Å². The second-order valence-corrected chi connectivity index (χ2v) is 13.1. The number of methoxy groups -OCH3 is 1. The number of rotatable bonds is 4. The molecule has 3 heterocycles. The van der Waals surface area contributed by atoms with Crippen molar-refractivity contribution in [1.29, 1.82) is 0 Å². The highest BCUT2D eigenvalue weighted by Crippen LogP contribution is 2.41. The van der Waals surface area contributed by atoms with E-state index >= 15 is 0 Å². The lowest BCUT2D eigenvalue weighted by Gasteiger charge is -2.46. The first-order valence-electron chi connectivity index (χ1n) is 14.4. The molecule has 3 aliphatic rings. The number of nitrogens with one attached hydrogen (secondary N) is 1. The Balaban J connectivity index is 1.91. The van der Waals surface area contributed by atoms with Gasteiger partial charge in [-0.05, 0) is 79.1 Å². The number of cyclic esters (lactones) is 1. The number of hydrogen-bond acceptors (Lipinski definition) is 9. The van der Waals surface area contributed by atoms with Gasteiger partial charge in [-0.2, -0.15) is 0 Å². The first-order chi connectivity index (χ1) is 17.5. The smallest absolute Gasteiger partial charge is 0.311 e. The van der Waals surface area contributed by atoms with Gasteiger partial charge in [-0.3, -0.25) is 10.1 Å². The lowest BCUT2D eigenvalue weighted by atomic mass is 9.81. The molecule has 0 aliphatic carbocycles. The molecule has 3 N–H and O–H groups in total. The van der Waals surface area contributed by atoms with Crippen LogP contribution in [0.25, 0.3) is 0 Å². The van der Waals surface area contributed by atoms with Crippen LogP contribution < -0.4 is 5.32 Å². The van der Waals surface area contributed by atoms with Crippen molar-refractivity contribution in [3.05, 3.63) is 0 Å². The van der Waals surface area contributed by atoms with E-state index in [1.165, 1.54) is 0 Å². The van der Waals surface area contributed by atoms with E-state index in [0.29, 0.717) is 25.7 Å². The van der Waals surface area contributed by atoms with Gasteiger partial charge in [0.05, 0.1) is 29.3 Å². The summed E-state index contributed by atoms with van der Waals surface area (Å²) < 4.78 is 30.8. The van der Waals surface area contributed by atoms with Crippen molar-refractivity contribution in [1.82, 2.24) is 5.32 Å². The van der Waals surface area contributed by atoms with Crippen molar-refractivity contribution in [3.63, 3.8) is 0 Å². The average molecular weight is 544 g/mol. The zero-order valence-corrected chi connectivity index (χ0v) is 25.2. The van der Waals surface area contributed by atoms with Gasteiger partial charge in [0.15, 0.2) is 6.29 Å². The minimum atomic E-state index is -1.00. The van der Waals surface area contributed by atoms with Crippen LogP contribution in [-0.2, 0) is 28.5 Å². The molecule has 3 fully saturated rings. The minimum Gasteiger partial charge on any atom is -0.459 e. The Labute approximate surface area is 229 Å². The number of esters is 1. The molecule has 0 saturated carbocycles. The van der Waals surface area contributed by atoms with Crippen LogP contribution in [0.5, 0.6) is 0 Å². The van der Waals surface area contributed by atoms with Crippen LogP contribution in [0.1, 0.15) is 94.4 Å². The number of fused-ring (bicyclic) bond motifs is 2. The highest BCUT2D eigenvalue weighted by Gasteiger charge is 2.50. The van der Waals surface area contributed by atoms with E-state index in [0.717, 1.165) is 6.42 Å². The van der Waals surface area contributed by atoms with Crippen LogP contribution in [0, 0.1) is 17.8 Å². The normalized spacial score (nSPS) is 51.3. The lowest BCUT2D eigenvalue weighted by Crippen LogP contribution is -2.57. The number of aliphatic hydroxyl groups is 2. The summed E-state index contributed by atoms with van der Waals surface area (Å²) in [6, 6.07) is 0.0146. The molecular weight excluding hydrogens is 490 g/mol. The highest BCUT2D eigenvalue weighted by molar-refractivity contribution is 5.73. The summed E-state index contributed by atoms with van der Waals surface area (Å²) in [5.41, 5.74) is -2.47. The fourth-order valence-corrected chi connectivity index (χ4v) is 7.03. The van der Waals surface area contributed by atoms with Gasteiger partial charge in [-0.25, -0.2) is 0 Å². The third kappa shape index (κ3) is 6.90. The third-order valence-electron chi connectivity index (χ3n) is 9.12. The number of ether oxygens (including phenoxy) is 5. The number of carbonyl (C=O) groups is 1. The van der Waals surface area contributed by atoms with Gasteiger partial charge in [0.2, 0.25) is 0 Å². The second-order valence-electron chi connectivity index (χ2n) is 13.1. The molecule has 2 bridgehead atoms. The third-order valence-corrected chi connectivity index (χ3v) is 9.12. The Morgan fingerprint density at radius 3 is 2.29 bits per heavy atom. The summed E-state index contributed by atoms with van der Waals surface area (Å²) in [7, 11) is 1.57. The van der Waals surface area contributed by atoms with E-state index < -0.39 is 53.4 Å². The molecule has 3 aliphatic heterocycles. The summed E-state index contributed by atoms with van der Waals surface area (Å²) in [5, 5.41) is 25.6. The summed E-state index contributed by atoms with van der Waals surface area (Å²) in [6.07, 6.45) is -0.537. The van der Waals surface area contributed by atoms with Crippen LogP contribution in [-0.4, -0.2) is 83.1 Å². The van der Waals surface area contributed by atoms with Gasteiger partial charge in [0.1, 0.15) is 24.0 Å². The molecule has 9 heteroatoms. The van der Waals surface area contributed by atoms with Gasteiger partial charge in [-0.1, -0.05) is 20.8 Å². The van der Waals surface area contributed by atoms with Gasteiger partial charge < -0.3 is 33.9 Å². The van der Waals surface area contributed by atoms with Crippen LogP contribution in [0.3, 0.4) is 0 Å². The molecule has 0 aromatic heterocycles. The van der Waals surface area contributed by atoms with E-state index in [2.05, 4.69) is 19.2 Å². The molecule has 3 rings (SSSR count). The second kappa shape index (κ2) is 12.0. The van der Waals surface area contributed by atoms with Crippen molar-refractivity contribution >= 4 is 5.97 Å². The molecule has 9 nitrogen and oxygen atoms in total. The summed E-state index contributed by atoms with van der Waals surface area (Å²) >= 11 is 0. The fraction of sp³-hybridized carbons (Fsp3) is 0.966. The Hall–Kier alpha value is -0.810. The first kappa shape index (κ1) is 31.7. The Bertz CT molecular complexity index is 809. The monoisotopic (exact) mass is 543 g/mol. The van der Waals surface area contributed by atoms with Crippen LogP contribution in [0.4, 0.5) is 0 Å². The first-order valence-corrected chi connectivity index (χ1v) is 14.4. The number of aliphatic hydroxyl groups excluding tert-OH is 1. The van der Waals surface area contributed by atoms with E-state index in [1.54, 1.807) is 14.0 Å². The van der Waals surface area contributed by atoms with Gasteiger partial charge in [0.25, 0.3) is 0 Å². The van der Waals surface area contributed by atoms with Crippen LogP contribution in [0.2, 0.25) is 0 Å². The van der Waals surface area contributed by atoms with E-state index in [-0.39, 0.29) is 30.1 Å². The van der Waals surface area contributed by atoms with E-state index in [4.69, 9.17) is 23.7 Å². The van der Waals surface area contributed by atoms with E-state index in [9.17, 15) is 15.0 Å². The molecule has 38 heavy (non-hydrogen) atoms. The molecular formula is C29H53NO8. The molecule has 3 saturated heterocycles. The van der Waals surface area contributed by atoms with Gasteiger partial charge in [-0.15, -0.1) is 0 Å². The largest absolute Gasteiger partial charge is 0.459 e. The van der Waals surface area contributed by atoms with Crippen molar-refractivity contribution in [2.24, 2.45) is 17.8 Å². The van der Waals surface area contributed by atoms with E-state index in [1.807, 2.05) is 41.5 Å². The molecule has 0 aromatic rings. The highest BCUT2D eigenvalue weighted by atomic mass is 16.7. The topological polar surface area (TPSA) is 116 Å². The van der Waals surface area contributed by atoms with Gasteiger partial charge in [0, 0.05) is 19.6 Å². The minimum absolute atomic E-state index is 0.0146. The average Bonchev–Trinajstić information content (AvgIpc) is 3.10. The Morgan fingerprint density at radius 1 is 1.03 bits per heavy atom. The Kier molecular flexibility index (Phi) is 9.99. The molecule has 0 spiro atoms. The number of hydrogen-bond donors (Lipinski definition) is 3. The Morgan fingerprint density at radius 2 is 1.68 bits per heavy atom. The zero-order chi connectivity index (χ0) is 28.6. The molecule has 222 valence electrons. The maximum atomic E-state index is 13.6. The summed E-state index contributed by atoms with van der Waals surface area (Å²) in [6.45, 7) is 17.5. The van der Waals surface area contributed by atoms with Crippen LogP contribution in [0.15, 0.2) is 0 Å². The fourth-order valence-electron chi connectivity index (χ4n) is 7.03. The summed E-state index contributed by atoms with van der Waals surface area (Å²) in [4.78, 5) is 13.6. The summed E-state index contributed by atoms with van der Waals surface area (Å²) in [5.74, 6) is -0.935. The predicted molar refractivity (Wildman–Crippen MR) is 143 cm³/mol. The molecule has 13 atom stereocenters. The van der Waals surface area contributed by atoms with Crippen molar-refractivity contribution in [2.75, 3.05) is 7.11 Å². The maximum absolute atomic E-state index is 13.6. The SMILES string of the molecule is CCC1OC(=O)C(C)C(OC2C[C@@](C)(OC)C(O)[C@H](C)O2)C(C)C[C@@](C)(O)C[C@@H](C)NC2O[C@]1(C)CC2C. The zero-order valence-electron chi connectivity index (χ0n) is 25.2. The quantitative estimate of drug-likeness (QED) is 0.458. The van der Waals surface area contributed by atoms with Crippen molar-refractivity contribution < 1.29 is 38.7 Å². The maximum Gasteiger partial charge on any atom is 0.311 e.